The summed E-state index contributed by atoms with van der Waals surface area (Å²) in [5, 5.41) is 4.51. The Kier molecular flexibility index (Phi) is 6.10. The zero-order chi connectivity index (χ0) is 18.0. The maximum atomic E-state index is 12.8. The highest BCUT2D eigenvalue weighted by molar-refractivity contribution is 6.42. The van der Waals surface area contributed by atoms with Crippen LogP contribution < -0.4 is 10.2 Å². The molecule has 2 heterocycles. The Balaban J connectivity index is 1.56. The normalized spacial score (nSPS) is 22.5. The topological polar surface area (TPSA) is 38.8 Å². The van der Waals surface area contributed by atoms with Gasteiger partial charge in [-0.2, -0.15) is 0 Å². The molecule has 0 aliphatic carbocycles. The van der Waals surface area contributed by atoms with E-state index in [9.17, 15) is 4.79 Å². The minimum atomic E-state index is -0.0901. The van der Waals surface area contributed by atoms with Crippen LogP contribution in [0.4, 0.5) is 5.69 Å². The lowest BCUT2D eigenvalue weighted by molar-refractivity contribution is -0.135. The van der Waals surface area contributed by atoms with E-state index in [0.717, 1.165) is 51.5 Å². The van der Waals surface area contributed by atoms with Crippen LogP contribution in [0.1, 0.15) is 13.8 Å². The number of rotatable bonds is 3. The second-order valence-corrected chi connectivity index (χ2v) is 7.82. The minimum Gasteiger partial charge on any atom is -0.368 e. The fourth-order valence-electron chi connectivity index (χ4n) is 3.49. The number of amides is 1. The molecule has 0 saturated carbocycles. The molecule has 3 rings (SSSR count). The molecule has 1 atom stereocenters. The van der Waals surface area contributed by atoms with E-state index in [1.807, 2.05) is 23.1 Å². The summed E-state index contributed by atoms with van der Waals surface area (Å²) in [7, 11) is 0. The van der Waals surface area contributed by atoms with Gasteiger partial charge < -0.3 is 15.1 Å². The second kappa shape index (κ2) is 8.12. The average molecular weight is 385 g/mol. The molecule has 1 aromatic rings. The van der Waals surface area contributed by atoms with Gasteiger partial charge in [-0.05, 0) is 32.0 Å². The number of anilines is 1. The van der Waals surface area contributed by atoms with Gasteiger partial charge in [0.05, 0.1) is 16.1 Å². The van der Waals surface area contributed by atoms with Crippen molar-refractivity contribution in [3.63, 3.8) is 0 Å². The SMILES string of the molecule is CC(C)N1CCN[C@@H](C(=O)N2CCN(c3ccc(Cl)c(Cl)c3)CC2)C1. The van der Waals surface area contributed by atoms with Gasteiger partial charge in [0.1, 0.15) is 0 Å². The molecule has 138 valence electrons. The summed E-state index contributed by atoms with van der Waals surface area (Å²) in [5.41, 5.74) is 1.06. The fraction of sp³-hybridized carbons (Fsp3) is 0.611. The Labute approximate surface area is 159 Å². The lowest BCUT2D eigenvalue weighted by Gasteiger charge is -2.41. The van der Waals surface area contributed by atoms with Crippen LogP contribution >= 0.6 is 23.2 Å². The molecular weight excluding hydrogens is 359 g/mol. The Morgan fingerprint density at radius 1 is 1.12 bits per heavy atom. The van der Waals surface area contributed by atoms with Crippen LogP contribution in [0.15, 0.2) is 18.2 Å². The smallest absolute Gasteiger partial charge is 0.241 e. The van der Waals surface area contributed by atoms with Crippen molar-refractivity contribution in [1.29, 1.82) is 0 Å². The number of piperazine rings is 2. The molecule has 5 nitrogen and oxygen atoms in total. The summed E-state index contributed by atoms with van der Waals surface area (Å²) < 4.78 is 0. The molecule has 1 amide bonds. The van der Waals surface area contributed by atoms with E-state index in [1.165, 1.54) is 0 Å². The largest absolute Gasteiger partial charge is 0.368 e. The minimum absolute atomic E-state index is 0.0901. The zero-order valence-electron chi connectivity index (χ0n) is 14.8. The van der Waals surface area contributed by atoms with Crippen LogP contribution in [0.25, 0.3) is 0 Å². The van der Waals surface area contributed by atoms with Gasteiger partial charge in [0.2, 0.25) is 5.91 Å². The second-order valence-electron chi connectivity index (χ2n) is 7.01. The van der Waals surface area contributed by atoms with Crippen molar-refractivity contribution in [3.8, 4) is 0 Å². The molecule has 1 N–H and O–H groups in total. The molecular formula is C18H26Cl2N4O. The highest BCUT2D eigenvalue weighted by Gasteiger charge is 2.31. The fourth-order valence-corrected chi connectivity index (χ4v) is 3.79. The van der Waals surface area contributed by atoms with Crippen LogP contribution in [-0.4, -0.2) is 73.6 Å². The highest BCUT2D eigenvalue weighted by Crippen LogP contribution is 2.27. The van der Waals surface area contributed by atoms with Crippen molar-refractivity contribution in [1.82, 2.24) is 15.1 Å². The van der Waals surface area contributed by atoms with Crippen molar-refractivity contribution in [2.45, 2.75) is 25.9 Å². The number of carbonyl (C=O) groups excluding carboxylic acids is 1. The molecule has 25 heavy (non-hydrogen) atoms. The van der Waals surface area contributed by atoms with Crippen molar-refractivity contribution in [2.75, 3.05) is 50.7 Å². The van der Waals surface area contributed by atoms with Gasteiger partial charge in [-0.3, -0.25) is 9.69 Å². The number of benzene rings is 1. The molecule has 7 heteroatoms. The standard InChI is InChI=1S/C18H26Cl2N4O/c1-13(2)24-6-5-21-17(12-24)18(25)23-9-7-22(8-10-23)14-3-4-15(19)16(20)11-14/h3-4,11,13,17,21H,5-10,12H2,1-2H3/t17-/m1/s1. The molecule has 1 aromatic carbocycles. The molecule has 0 aromatic heterocycles. The molecule has 2 fully saturated rings. The van der Waals surface area contributed by atoms with Gasteiger partial charge in [0, 0.05) is 57.5 Å². The number of halogens is 2. The lowest BCUT2D eigenvalue weighted by atomic mass is 10.1. The van der Waals surface area contributed by atoms with Gasteiger partial charge in [-0.25, -0.2) is 0 Å². The van der Waals surface area contributed by atoms with Crippen LogP contribution in [-0.2, 0) is 4.79 Å². The van der Waals surface area contributed by atoms with Gasteiger partial charge in [0.15, 0.2) is 0 Å². The number of nitrogens with zero attached hydrogens (tertiary/aromatic N) is 3. The third-order valence-electron chi connectivity index (χ3n) is 5.09. The molecule has 0 bridgehead atoms. The monoisotopic (exact) mass is 384 g/mol. The summed E-state index contributed by atoms with van der Waals surface area (Å²) in [4.78, 5) is 19.4. The maximum Gasteiger partial charge on any atom is 0.241 e. The third kappa shape index (κ3) is 4.40. The first-order chi connectivity index (χ1) is 12.0. The number of nitrogens with one attached hydrogen (secondary N) is 1. The first kappa shape index (κ1) is 18.8. The first-order valence-electron chi connectivity index (χ1n) is 8.92. The van der Waals surface area contributed by atoms with Crippen molar-refractivity contribution in [2.24, 2.45) is 0 Å². The Bertz CT molecular complexity index is 617. The van der Waals surface area contributed by atoms with Crippen molar-refractivity contribution >= 4 is 34.8 Å². The van der Waals surface area contributed by atoms with E-state index in [2.05, 4.69) is 29.0 Å². The van der Waals surface area contributed by atoms with Crippen LogP contribution in [0.2, 0.25) is 10.0 Å². The van der Waals surface area contributed by atoms with E-state index >= 15 is 0 Å². The summed E-state index contributed by atoms with van der Waals surface area (Å²) >= 11 is 12.1. The average Bonchev–Trinajstić information content (AvgIpc) is 2.63. The van der Waals surface area contributed by atoms with Crippen LogP contribution in [0.3, 0.4) is 0 Å². The van der Waals surface area contributed by atoms with Gasteiger partial charge in [-0.15, -0.1) is 0 Å². The number of hydrogen-bond donors (Lipinski definition) is 1. The van der Waals surface area contributed by atoms with E-state index < -0.39 is 0 Å². The van der Waals surface area contributed by atoms with Crippen molar-refractivity contribution < 1.29 is 4.79 Å². The zero-order valence-corrected chi connectivity index (χ0v) is 16.4. The van der Waals surface area contributed by atoms with E-state index in [4.69, 9.17) is 23.2 Å². The summed E-state index contributed by atoms with van der Waals surface area (Å²) in [6.45, 7) is 10.1. The number of carbonyl (C=O) groups is 1. The van der Waals surface area contributed by atoms with Crippen LogP contribution in [0, 0.1) is 0 Å². The molecule has 0 spiro atoms. The van der Waals surface area contributed by atoms with Crippen LogP contribution in [0.5, 0.6) is 0 Å². The molecule has 0 unspecified atom stereocenters. The summed E-state index contributed by atoms with van der Waals surface area (Å²) in [6.07, 6.45) is 0. The Hall–Kier alpha value is -1.01. The predicted molar refractivity (Wildman–Crippen MR) is 104 cm³/mol. The molecule has 2 saturated heterocycles. The van der Waals surface area contributed by atoms with Crippen molar-refractivity contribution in [3.05, 3.63) is 28.2 Å². The third-order valence-corrected chi connectivity index (χ3v) is 5.83. The molecule has 0 radical (unpaired) electrons. The van der Waals surface area contributed by atoms with Gasteiger partial charge >= 0.3 is 0 Å². The van der Waals surface area contributed by atoms with E-state index in [-0.39, 0.29) is 11.9 Å². The first-order valence-corrected chi connectivity index (χ1v) is 9.67. The summed E-state index contributed by atoms with van der Waals surface area (Å²) in [6, 6.07) is 6.08. The Morgan fingerprint density at radius 3 is 2.48 bits per heavy atom. The lowest BCUT2D eigenvalue weighted by Crippen LogP contribution is -2.61. The predicted octanol–water partition coefficient (Wildman–Crippen LogP) is 2.32. The molecule has 2 aliphatic heterocycles. The maximum absolute atomic E-state index is 12.8. The summed E-state index contributed by atoms with van der Waals surface area (Å²) in [5.74, 6) is 0.221. The Morgan fingerprint density at radius 2 is 1.84 bits per heavy atom. The highest BCUT2D eigenvalue weighted by atomic mass is 35.5. The van der Waals surface area contributed by atoms with E-state index in [0.29, 0.717) is 16.1 Å². The van der Waals surface area contributed by atoms with Gasteiger partial charge in [-0.1, -0.05) is 23.2 Å². The molecule has 2 aliphatic rings. The quantitative estimate of drug-likeness (QED) is 0.867. The van der Waals surface area contributed by atoms with Gasteiger partial charge in [0.25, 0.3) is 0 Å². The number of hydrogen-bond acceptors (Lipinski definition) is 4. The van der Waals surface area contributed by atoms with E-state index in [1.54, 1.807) is 0 Å².